The van der Waals surface area contributed by atoms with Gasteiger partial charge in [-0.15, -0.1) is 10.2 Å². The fourth-order valence-electron chi connectivity index (χ4n) is 3.55. The first-order valence-electron chi connectivity index (χ1n) is 11.4. The van der Waals surface area contributed by atoms with Gasteiger partial charge in [0.15, 0.2) is 11.0 Å². The van der Waals surface area contributed by atoms with Gasteiger partial charge in [0.1, 0.15) is 5.82 Å². The number of amides is 1. The van der Waals surface area contributed by atoms with Gasteiger partial charge < -0.3 is 5.32 Å². The van der Waals surface area contributed by atoms with Crippen molar-refractivity contribution in [2.75, 3.05) is 24.2 Å². The van der Waals surface area contributed by atoms with Crippen molar-refractivity contribution in [1.82, 2.24) is 19.1 Å². The van der Waals surface area contributed by atoms with Crippen molar-refractivity contribution in [1.29, 1.82) is 0 Å². The van der Waals surface area contributed by atoms with E-state index in [1.807, 2.05) is 18.4 Å². The van der Waals surface area contributed by atoms with Gasteiger partial charge in [-0.2, -0.15) is 4.31 Å². The van der Waals surface area contributed by atoms with Gasteiger partial charge in [-0.25, -0.2) is 12.8 Å². The predicted octanol–water partition coefficient (Wildman–Crippen LogP) is 4.82. The third-order valence-electron chi connectivity index (χ3n) is 5.57. The predicted molar refractivity (Wildman–Crippen MR) is 136 cm³/mol. The second-order valence-electron chi connectivity index (χ2n) is 7.90. The van der Waals surface area contributed by atoms with E-state index in [2.05, 4.69) is 15.5 Å². The van der Waals surface area contributed by atoms with E-state index in [4.69, 9.17) is 0 Å². The smallest absolute Gasteiger partial charge is 0.243 e. The Morgan fingerprint density at radius 1 is 1.11 bits per heavy atom. The van der Waals surface area contributed by atoms with Crippen LogP contribution < -0.4 is 5.32 Å². The number of nitrogens with zero attached hydrogens (tertiary/aromatic N) is 4. The molecule has 188 valence electrons. The number of nitrogens with one attached hydrogen (secondary N) is 1. The monoisotopic (exact) mass is 519 g/mol. The molecule has 1 atom stereocenters. The van der Waals surface area contributed by atoms with E-state index in [1.165, 1.54) is 34.3 Å². The summed E-state index contributed by atoms with van der Waals surface area (Å²) in [4.78, 5) is 12.6. The van der Waals surface area contributed by atoms with Crippen LogP contribution in [-0.2, 0) is 14.8 Å². The van der Waals surface area contributed by atoms with Crippen LogP contribution in [0.4, 0.5) is 10.1 Å². The fourth-order valence-corrected chi connectivity index (χ4v) is 5.89. The molecule has 1 N–H and O–H groups in total. The molecule has 0 bridgehead atoms. The van der Waals surface area contributed by atoms with Gasteiger partial charge in [0.2, 0.25) is 15.9 Å². The van der Waals surface area contributed by atoms with Gasteiger partial charge in [-0.05, 0) is 43.7 Å². The molecule has 0 aliphatic heterocycles. The van der Waals surface area contributed by atoms with Crippen LogP contribution in [0, 0.1) is 5.82 Å². The standard InChI is InChI=1S/C24H30FN5O3S2/c1-5-17(4)30-23(18-10-8-13-21(14-18)35(32,33)29(6-2)7-3)27-28-24(30)34-16-22(31)26-20-12-9-11-19(25)15-20/h8-15,17H,5-7,16H2,1-4H3,(H,26,31)/t17-/m0/s1. The van der Waals surface area contributed by atoms with E-state index in [0.29, 0.717) is 35.3 Å². The van der Waals surface area contributed by atoms with Crippen LogP contribution in [0.15, 0.2) is 58.6 Å². The summed E-state index contributed by atoms with van der Waals surface area (Å²) in [6, 6.07) is 12.4. The Hall–Kier alpha value is -2.76. The number of benzene rings is 2. The van der Waals surface area contributed by atoms with Crippen molar-refractivity contribution >= 4 is 33.4 Å². The number of anilines is 1. The Morgan fingerprint density at radius 3 is 2.49 bits per heavy atom. The number of hydrogen-bond acceptors (Lipinski definition) is 6. The molecular weight excluding hydrogens is 489 g/mol. The molecule has 0 aliphatic rings. The minimum Gasteiger partial charge on any atom is -0.325 e. The van der Waals surface area contributed by atoms with Crippen molar-refractivity contribution in [3.05, 3.63) is 54.3 Å². The molecule has 0 saturated carbocycles. The van der Waals surface area contributed by atoms with Crippen molar-refractivity contribution < 1.29 is 17.6 Å². The van der Waals surface area contributed by atoms with Gasteiger partial charge in [-0.3, -0.25) is 9.36 Å². The number of sulfonamides is 1. The van der Waals surface area contributed by atoms with Crippen LogP contribution in [0.2, 0.25) is 0 Å². The zero-order valence-corrected chi connectivity index (χ0v) is 21.9. The number of hydrogen-bond donors (Lipinski definition) is 1. The Morgan fingerprint density at radius 2 is 1.83 bits per heavy atom. The molecule has 0 aliphatic carbocycles. The van der Waals surface area contributed by atoms with Crippen LogP contribution in [0.3, 0.4) is 0 Å². The highest BCUT2D eigenvalue weighted by molar-refractivity contribution is 7.99. The first-order valence-corrected chi connectivity index (χ1v) is 13.9. The van der Waals surface area contributed by atoms with Crippen molar-refractivity contribution in [2.45, 2.75) is 50.2 Å². The van der Waals surface area contributed by atoms with Crippen molar-refractivity contribution in [3.8, 4) is 11.4 Å². The second kappa shape index (κ2) is 11.8. The molecule has 0 fully saturated rings. The molecule has 3 rings (SSSR count). The zero-order valence-electron chi connectivity index (χ0n) is 20.2. The lowest BCUT2D eigenvalue weighted by Crippen LogP contribution is -2.30. The minimum absolute atomic E-state index is 0.0109. The summed E-state index contributed by atoms with van der Waals surface area (Å²) < 4.78 is 42.7. The van der Waals surface area contributed by atoms with Crippen molar-refractivity contribution in [3.63, 3.8) is 0 Å². The fraction of sp³-hybridized carbons (Fsp3) is 0.375. The summed E-state index contributed by atoms with van der Waals surface area (Å²) in [5.41, 5.74) is 1.01. The van der Waals surface area contributed by atoms with Crippen molar-refractivity contribution in [2.24, 2.45) is 0 Å². The average molecular weight is 520 g/mol. The molecular formula is C24H30FN5O3S2. The molecule has 0 spiro atoms. The maximum absolute atomic E-state index is 13.4. The zero-order chi connectivity index (χ0) is 25.6. The Labute approximate surface area is 210 Å². The molecule has 8 nitrogen and oxygen atoms in total. The highest BCUT2D eigenvalue weighted by Gasteiger charge is 2.24. The van der Waals surface area contributed by atoms with E-state index in [-0.39, 0.29) is 22.6 Å². The number of carbonyl (C=O) groups excluding carboxylic acids is 1. The summed E-state index contributed by atoms with van der Waals surface area (Å²) in [7, 11) is -3.63. The maximum Gasteiger partial charge on any atom is 0.243 e. The first-order chi connectivity index (χ1) is 16.7. The van der Waals surface area contributed by atoms with E-state index < -0.39 is 15.8 Å². The topological polar surface area (TPSA) is 97.2 Å². The lowest BCUT2D eigenvalue weighted by atomic mass is 10.2. The molecule has 1 heterocycles. The summed E-state index contributed by atoms with van der Waals surface area (Å²) in [5.74, 6) is -0.138. The summed E-state index contributed by atoms with van der Waals surface area (Å²) >= 11 is 1.22. The van der Waals surface area contributed by atoms with E-state index >= 15 is 0 Å². The highest BCUT2D eigenvalue weighted by Crippen LogP contribution is 2.30. The number of halogens is 1. The molecule has 1 aromatic heterocycles. The molecule has 2 aromatic carbocycles. The third kappa shape index (κ3) is 6.28. The molecule has 35 heavy (non-hydrogen) atoms. The van der Waals surface area contributed by atoms with Gasteiger partial charge in [0.05, 0.1) is 10.6 Å². The number of aromatic nitrogens is 3. The Bertz CT molecular complexity index is 1280. The van der Waals surface area contributed by atoms with Crippen LogP contribution in [0.1, 0.15) is 40.2 Å². The summed E-state index contributed by atoms with van der Waals surface area (Å²) in [5, 5.41) is 11.8. The molecule has 0 saturated heterocycles. The summed E-state index contributed by atoms with van der Waals surface area (Å²) in [6.45, 7) is 8.41. The second-order valence-corrected chi connectivity index (χ2v) is 10.8. The van der Waals surface area contributed by atoms with Crippen LogP contribution in [0.25, 0.3) is 11.4 Å². The first kappa shape index (κ1) is 26.8. The Balaban J connectivity index is 1.87. The third-order valence-corrected chi connectivity index (χ3v) is 8.56. The number of carbonyl (C=O) groups is 1. The van der Waals surface area contributed by atoms with E-state index in [0.717, 1.165) is 6.42 Å². The summed E-state index contributed by atoms with van der Waals surface area (Å²) in [6.07, 6.45) is 0.783. The van der Waals surface area contributed by atoms with E-state index in [9.17, 15) is 17.6 Å². The molecule has 0 unspecified atom stereocenters. The molecule has 11 heteroatoms. The lowest BCUT2D eigenvalue weighted by Gasteiger charge is -2.19. The Kier molecular flexibility index (Phi) is 9.03. The normalized spacial score (nSPS) is 12.6. The number of rotatable bonds is 11. The maximum atomic E-state index is 13.4. The minimum atomic E-state index is -3.63. The molecule has 0 radical (unpaired) electrons. The highest BCUT2D eigenvalue weighted by atomic mass is 32.2. The van der Waals surface area contributed by atoms with Gasteiger partial charge in [0.25, 0.3) is 0 Å². The SMILES string of the molecule is CC[C@H](C)n1c(SCC(=O)Nc2cccc(F)c2)nnc1-c1cccc(S(=O)(=O)N(CC)CC)c1. The van der Waals surface area contributed by atoms with Crippen LogP contribution in [-0.4, -0.2) is 52.2 Å². The molecule has 3 aromatic rings. The van der Waals surface area contributed by atoms with Gasteiger partial charge in [0, 0.05) is 30.4 Å². The largest absolute Gasteiger partial charge is 0.325 e. The van der Waals surface area contributed by atoms with Gasteiger partial charge >= 0.3 is 0 Å². The quantitative estimate of drug-likeness (QED) is 0.365. The van der Waals surface area contributed by atoms with Gasteiger partial charge in [-0.1, -0.05) is 50.7 Å². The lowest BCUT2D eigenvalue weighted by molar-refractivity contribution is -0.113. The van der Waals surface area contributed by atoms with E-state index in [1.54, 1.807) is 44.2 Å². The van der Waals surface area contributed by atoms with Crippen LogP contribution in [0.5, 0.6) is 0 Å². The molecule has 1 amide bonds. The van der Waals surface area contributed by atoms with Crippen LogP contribution >= 0.6 is 11.8 Å². The average Bonchev–Trinajstić information content (AvgIpc) is 3.27. The number of thioether (sulfide) groups is 1.